The van der Waals surface area contributed by atoms with E-state index >= 15 is 0 Å². The van der Waals surface area contributed by atoms with Crippen LogP contribution in [-0.4, -0.2) is 43.6 Å². The van der Waals surface area contributed by atoms with Gasteiger partial charge >= 0.3 is 0 Å². The summed E-state index contributed by atoms with van der Waals surface area (Å²) in [6, 6.07) is 8.14. The number of ether oxygens (including phenoxy) is 1. The zero-order valence-corrected chi connectivity index (χ0v) is 13.9. The standard InChI is InChI=1S/C17H24N2O2.ClH/c1-18-15-8-10-19(11-9-15)17(20)14-4-6-16(7-5-14)21-12-13-2-3-13;/h4-7,13,15,18H,2-3,8-12H2,1H3;1H. The molecule has 0 radical (unpaired) electrons. The summed E-state index contributed by atoms with van der Waals surface area (Å²) < 4.78 is 5.71. The number of benzene rings is 1. The molecular formula is C17H25ClN2O2. The number of carbonyl (C=O) groups excluding carboxylic acids is 1. The molecule has 122 valence electrons. The average molecular weight is 325 g/mol. The predicted octanol–water partition coefficient (Wildman–Crippen LogP) is 2.72. The molecule has 0 aromatic heterocycles. The van der Waals surface area contributed by atoms with Crippen LogP contribution in [0.5, 0.6) is 5.75 Å². The van der Waals surface area contributed by atoms with Crippen LogP contribution in [0.1, 0.15) is 36.0 Å². The molecular weight excluding hydrogens is 300 g/mol. The van der Waals surface area contributed by atoms with Gasteiger partial charge in [0.05, 0.1) is 6.61 Å². The molecule has 0 bridgehead atoms. The van der Waals surface area contributed by atoms with Gasteiger partial charge in [-0.3, -0.25) is 4.79 Å². The number of nitrogens with one attached hydrogen (secondary N) is 1. The molecule has 1 aliphatic carbocycles. The summed E-state index contributed by atoms with van der Waals surface area (Å²) in [6.07, 6.45) is 4.65. The average Bonchev–Trinajstić information content (AvgIpc) is 3.37. The summed E-state index contributed by atoms with van der Waals surface area (Å²) in [5.41, 5.74) is 0.761. The van der Waals surface area contributed by atoms with E-state index < -0.39 is 0 Å². The number of nitrogens with zero attached hydrogens (tertiary/aromatic N) is 1. The van der Waals surface area contributed by atoms with Gasteiger partial charge in [0.15, 0.2) is 0 Å². The number of carbonyl (C=O) groups is 1. The van der Waals surface area contributed by atoms with Gasteiger partial charge in [0.1, 0.15) is 5.75 Å². The second-order valence-electron chi connectivity index (χ2n) is 6.13. The van der Waals surface area contributed by atoms with E-state index in [1.807, 2.05) is 36.2 Å². The number of likely N-dealkylation sites (tertiary alicyclic amines) is 1. The van der Waals surface area contributed by atoms with E-state index in [2.05, 4.69) is 5.32 Å². The molecule has 5 heteroatoms. The number of rotatable bonds is 5. The Morgan fingerprint density at radius 1 is 1.18 bits per heavy atom. The van der Waals surface area contributed by atoms with Gasteiger partial charge in [0.2, 0.25) is 0 Å². The minimum atomic E-state index is 0. The van der Waals surface area contributed by atoms with Crippen LogP contribution in [0.2, 0.25) is 0 Å². The molecule has 1 heterocycles. The lowest BCUT2D eigenvalue weighted by Gasteiger charge is -2.31. The lowest BCUT2D eigenvalue weighted by atomic mass is 10.0. The zero-order chi connectivity index (χ0) is 14.7. The minimum absolute atomic E-state index is 0. The van der Waals surface area contributed by atoms with Crippen molar-refractivity contribution < 1.29 is 9.53 Å². The molecule has 3 rings (SSSR count). The topological polar surface area (TPSA) is 41.6 Å². The van der Waals surface area contributed by atoms with E-state index in [-0.39, 0.29) is 18.3 Å². The first-order chi connectivity index (χ1) is 10.3. The maximum atomic E-state index is 12.4. The summed E-state index contributed by atoms with van der Waals surface area (Å²) in [5.74, 6) is 1.76. The lowest BCUT2D eigenvalue weighted by molar-refractivity contribution is 0.0707. The van der Waals surface area contributed by atoms with Crippen LogP contribution >= 0.6 is 12.4 Å². The smallest absolute Gasteiger partial charge is 0.253 e. The Morgan fingerprint density at radius 3 is 2.36 bits per heavy atom. The number of piperidine rings is 1. The summed E-state index contributed by atoms with van der Waals surface area (Å²) in [7, 11) is 1.99. The van der Waals surface area contributed by atoms with Crippen LogP contribution in [0, 0.1) is 5.92 Å². The molecule has 2 fully saturated rings. The van der Waals surface area contributed by atoms with Gasteiger partial charge in [-0.05, 0) is 62.9 Å². The molecule has 1 saturated carbocycles. The van der Waals surface area contributed by atoms with Gasteiger partial charge in [-0.25, -0.2) is 0 Å². The molecule has 1 amide bonds. The van der Waals surface area contributed by atoms with Gasteiger partial charge in [-0.15, -0.1) is 12.4 Å². The Morgan fingerprint density at radius 2 is 1.82 bits per heavy atom. The fourth-order valence-corrected chi connectivity index (χ4v) is 2.75. The maximum Gasteiger partial charge on any atom is 0.253 e. The number of hydrogen-bond acceptors (Lipinski definition) is 3. The van der Waals surface area contributed by atoms with Gasteiger partial charge in [0, 0.05) is 24.7 Å². The van der Waals surface area contributed by atoms with Crippen molar-refractivity contribution >= 4 is 18.3 Å². The molecule has 1 saturated heterocycles. The van der Waals surface area contributed by atoms with Gasteiger partial charge in [0.25, 0.3) is 5.91 Å². The molecule has 1 N–H and O–H groups in total. The number of amides is 1. The van der Waals surface area contributed by atoms with Crippen LogP contribution in [-0.2, 0) is 0 Å². The van der Waals surface area contributed by atoms with Crippen molar-refractivity contribution in [1.29, 1.82) is 0 Å². The van der Waals surface area contributed by atoms with Crippen LogP contribution in [0.25, 0.3) is 0 Å². The van der Waals surface area contributed by atoms with Crippen molar-refractivity contribution in [2.24, 2.45) is 5.92 Å². The van der Waals surface area contributed by atoms with E-state index in [9.17, 15) is 4.79 Å². The van der Waals surface area contributed by atoms with Crippen LogP contribution in [0.3, 0.4) is 0 Å². The molecule has 2 aliphatic rings. The van der Waals surface area contributed by atoms with Crippen molar-refractivity contribution in [3.05, 3.63) is 29.8 Å². The van der Waals surface area contributed by atoms with Crippen molar-refractivity contribution in [2.75, 3.05) is 26.7 Å². The lowest BCUT2D eigenvalue weighted by Crippen LogP contribution is -2.43. The van der Waals surface area contributed by atoms with Gasteiger partial charge in [-0.1, -0.05) is 0 Å². The molecule has 0 unspecified atom stereocenters. The van der Waals surface area contributed by atoms with E-state index in [0.29, 0.717) is 6.04 Å². The van der Waals surface area contributed by atoms with Gasteiger partial charge in [-0.2, -0.15) is 0 Å². The fraction of sp³-hybridized carbons (Fsp3) is 0.588. The molecule has 4 nitrogen and oxygen atoms in total. The predicted molar refractivity (Wildman–Crippen MR) is 89.9 cm³/mol. The second-order valence-corrected chi connectivity index (χ2v) is 6.13. The molecule has 1 aliphatic heterocycles. The summed E-state index contributed by atoms with van der Waals surface area (Å²) in [5, 5.41) is 3.28. The molecule has 22 heavy (non-hydrogen) atoms. The first-order valence-electron chi connectivity index (χ1n) is 7.95. The van der Waals surface area contributed by atoms with E-state index in [0.717, 1.165) is 49.8 Å². The Hall–Kier alpha value is -1.26. The Kier molecular flexibility index (Phi) is 6.09. The third kappa shape index (κ3) is 4.37. The first kappa shape index (κ1) is 17.1. The van der Waals surface area contributed by atoms with Crippen molar-refractivity contribution in [2.45, 2.75) is 31.7 Å². The monoisotopic (exact) mass is 324 g/mol. The van der Waals surface area contributed by atoms with E-state index in [4.69, 9.17) is 4.74 Å². The molecule has 0 atom stereocenters. The summed E-state index contributed by atoms with van der Waals surface area (Å²) in [4.78, 5) is 14.4. The van der Waals surface area contributed by atoms with Crippen LogP contribution in [0.15, 0.2) is 24.3 Å². The maximum absolute atomic E-state index is 12.4. The Bertz CT molecular complexity index is 480. The SMILES string of the molecule is CNC1CCN(C(=O)c2ccc(OCC3CC3)cc2)CC1.Cl. The third-order valence-corrected chi connectivity index (χ3v) is 4.47. The van der Waals surface area contributed by atoms with Crippen LogP contribution in [0.4, 0.5) is 0 Å². The van der Waals surface area contributed by atoms with Crippen molar-refractivity contribution in [1.82, 2.24) is 10.2 Å². The third-order valence-electron chi connectivity index (χ3n) is 4.47. The minimum Gasteiger partial charge on any atom is -0.493 e. The van der Waals surface area contributed by atoms with E-state index in [1.54, 1.807) is 0 Å². The molecule has 0 spiro atoms. The Labute approximate surface area is 138 Å². The number of halogens is 1. The first-order valence-corrected chi connectivity index (χ1v) is 7.95. The van der Waals surface area contributed by atoms with Gasteiger partial charge < -0.3 is 15.0 Å². The number of hydrogen-bond donors (Lipinski definition) is 1. The highest BCUT2D eigenvalue weighted by Gasteiger charge is 2.23. The molecule has 1 aromatic rings. The van der Waals surface area contributed by atoms with Crippen molar-refractivity contribution in [3.8, 4) is 5.75 Å². The van der Waals surface area contributed by atoms with Crippen molar-refractivity contribution in [3.63, 3.8) is 0 Å². The highest BCUT2D eigenvalue weighted by molar-refractivity contribution is 5.94. The summed E-state index contributed by atoms with van der Waals surface area (Å²) in [6.45, 7) is 2.49. The van der Waals surface area contributed by atoms with E-state index in [1.165, 1.54) is 12.8 Å². The Balaban J connectivity index is 0.00000176. The summed E-state index contributed by atoms with van der Waals surface area (Å²) >= 11 is 0. The zero-order valence-electron chi connectivity index (χ0n) is 13.1. The van der Waals surface area contributed by atoms with Crippen LogP contribution < -0.4 is 10.1 Å². The highest BCUT2D eigenvalue weighted by atomic mass is 35.5. The molecule has 1 aromatic carbocycles. The highest BCUT2D eigenvalue weighted by Crippen LogP contribution is 2.29. The quantitative estimate of drug-likeness (QED) is 0.905. The largest absolute Gasteiger partial charge is 0.493 e. The fourth-order valence-electron chi connectivity index (χ4n) is 2.75. The second kappa shape index (κ2) is 7.84. The normalized spacial score (nSPS) is 18.7.